The molecule has 1 aliphatic heterocycles. The first-order valence-electron chi connectivity index (χ1n) is 11.1. The van der Waals surface area contributed by atoms with Crippen molar-refractivity contribution in [1.82, 2.24) is 19.4 Å². The van der Waals surface area contributed by atoms with E-state index in [1.807, 2.05) is 34.7 Å². The zero-order valence-corrected chi connectivity index (χ0v) is 18.4. The molecule has 2 unspecified atom stereocenters. The van der Waals surface area contributed by atoms with Gasteiger partial charge >= 0.3 is 0 Å². The van der Waals surface area contributed by atoms with Crippen LogP contribution in [-0.2, 0) is 16.6 Å². The largest absolute Gasteiger partial charge is 0.375 e. The summed E-state index contributed by atoms with van der Waals surface area (Å²) in [6.45, 7) is 0.752. The van der Waals surface area contributed by atoms with Crippen molar-refractivity contribution in [3.63, 3.8) is 0 Å². The highest BCUT2D eigenvalue weighted by molar-refractivity contribution is 6.08. The lowest BCUT2D eigenvalue weighted by Gasteiger charge is -2.25. The van der Waals surface area contributed by atoms with Crippen LogP contribution in [0.25, 0.3) is 22.4 Å². The Morgan fingerprint density at radius 3 is 2.78 bits per heavy atom. The van der Waals surface area contributed by atoms with Crippen LogP contribution in [0, 0.1) is 5.92 Å². The Morgan fingerprint density at radius 1 is 1.22 bits per heavy atom. The number of fused-ring (bicyclic) bond motifs is 3. The predicted molar refractivity (Wildman–Crippen MR) is 121 cm³/mol. The molecule has 2 fully saturated rings. The maximum absolute atomic E-state index is 13.8. The van der Waals surface area contributed by atoms with Crippen molar-refractivity contribution in [2.24, 2.45) is 13.0 Å². The van der Waals surface area contributed by atoms with Gasteiger partial charge in [0.15, 0.2) is 0 Å². The minimum absolute atomic E-state index is 0.0107. The molecule has 0 spiro atoms. The number of likely N-dealkylation sites (tertiary alicyclic amines) is 1. The minimum atomic E-state index is -0.271. The number of methoxy groups -OCH3 is 1. The van der Waals surface area contributed by atoms with Gasteiger partial charge in [-0.1, -0.05) is 6.42 Å². The molecule has 2 bridgehead atoms. The van der Waals surface area contributed by atoms with Crippen molar-refractivity contribution in [3.05, 3.63) is 42.2 Å². The van der Waals surface area contributed by atoms with Gasteiger partial charge in [-0.2, -0.15) is 0 Å². The van der Waals surface area contributed by atoms with Crippen LogP contribution in [0.4, 0.5) is 5.69 Å². The summed E-state index contributed by atoms with van der Waals surface area (Å²) in [5, 5.41) is 2.84. The number of imidazole rings is 1. The van der Waals surface area contributed by atoms with Crippen molar-refractivity contribution in [3.8, 4) is 11.4 Å². The van der Waals surface area contributed by atoms with Crippen LogP contribution in [0.3, 0.4) is 0 Å². The number of rotatable bonds is 5. The van der Waals surface area contributed by atoms with Gasteiger partial charge in [-0.25, -0.2) is 4.98 Å². The summed E-state index contributed by atoms with van der Waals surface area (Å²) in [5.74, 6) is 1.08. The smallest absolute Gasteiger partial charge is 0.256 e. The van der Waals surface area contributed by atoms with Gasteiger partial charge < -0.3 is 19.5 Å². The van der Waals surface area contributed by atoms with E-state index in [0.29, 0.717) is 28.7 Å². The first-order chi connectivity index (χ1) is 15.5. The van der Waals surface area contributed by atoms with Gasteiger partial charge in [-0.05, 0) is 49.4 Å². The number of anilines is 1. The molecule has 2 atom stereocenters. The molecule has 1 aliphatic carbocycles. The van der Waals surface area contributed by atoms with Crippen molar-refractivity contribution in [2.75, 3.05) is 25.6 Å². The van der Waals surface area contributed by atoms with Gasteiger partial charge in [0.2, 0.25) is 5.91 Å². The molecule has 2 aliphatic rings. The molecule has 3 heterocycles. The van der Waals surface area contributed by atoms with Gasteiger partial charge in [0, 0.05) is 50.4 Å². The van der Waals surface area contributed by atoms with Crippen LogP contribution in [0.15, 0.2) is 36.7 Å². The Labute approximate surface area is 186 Å². The number of hydrogen-bond donors (Lipinski definition) is 1. The average molecular weight is 434 g/mol. The summed E-state index contributed by atoms with van der Waals surface area (Å²) in [5.41, 5.74) is 3.47. The Hall–Kier alpha value is -3.26. The van der Waals surface area contributed by atoms with E-state index in [1.165, 1.54) is 20.0 Å². The highest BCUT2D eigenvalue weighted by Crippen LogP contribution is 2.37. The van der Waals surface area contributed by atoms with E-state index in [-0.39, 0.29) is 18.4 Å². The number of benzene rings is 1. The summed E-state index contributed by atoms with van der Waals surface area (Å²) in [6.07, 6.45) is 7.97. The molecule has 166 valence electrons. The van der Waals surface area contributed by atoms with E-state index < -0.39 is 0 Å². The third-order valence-corrected chi connectivity index (χ3v) is 6.61. The highest BCUT2D eigenvalue weighted by Gasteiger charge is 2.38. The normalized spacial score (nSPS) is 20.0. The first kappa shape index (κ1) is 20.6. The van der Waals surface area contributed by atoms with Crippen molar-refractivity contribution in [2.45, 2.75) is 31.7 Å². The van der Waals surface area contributed by atoms with Crippen LogP contribution in [-0.4, -0.2) is 57.6 Å². The fourth-order valence-electron chi connectivity index (χ4n) is 5.22. The van der Waals surface area contributed by atoms with Crippen LogP contribution in [0.5, 0.6) is 0 Å². The zero-order valence-electron chi connectivity index (χ0n) is 18.4. The number of nitrogens with zero attached hydrogens (tertiary/aromatic N) is 4. The zero-order chi connectivity index (χ0) is 22.2. The fraction of sp³-hybridized carbons (Fsp3) is 0.417. The fourth-order valence-corrected chi connectivity index (χ4v) is 5.22. The number of aromatic nitrogens is 3. The first-order valence-corrected chi connectivity index (χ1v) is 11.1. The van der Waals surface area contributed by atoms with Crippen LogP contribution in [0.1, 0.15) is 36.0 Å². The van der Waals surface area contributed by atoms with E-state index in [9.17, 15) is 9.59 Å². The molecule has 5 rings (SSSR count). The van der Waals surface area contributed by atoms with E-state index in [1.54, 1.807) is 18.5 Å². The number of nitrogens with one attached hydrogen (secondary N) is 1. The molecule has 32 heavy (non-hydrogen) atoms. The molecular weight excluding hydrogens is 406 g/mol. The van der Waals surface area contributed by atoms with Crippen LogP contribution < -0.4 is 5.32 Å². The van der Waals surface area contributed by atoms with E-state index in [0.717, 1.165) is 36.3 Å². The van der Waals surface area contributed by atoms with Gasteiger partial charge in [-0.3, -0.25) is 14.6 Å². The van der Waals surface area contributed by atoms with Gasteiger partial charge in [0.25, 0.3) is 5.91 Å². The second kappa shape index (κ2) is 8.35. The molecule has 0 radical (unpaired) electrons. The summed E-state index contributed by atoms with van der Waals surface area (Å²) in [7, 11) is 3.40. The van der Waals surface area contributed by atoms with E-state index >= 15 is 0 Å². The third-order valence-electron chi connectivity index (χ3n) is 6.61. The lowest BCUT2D eigenvalue weighted by molar-refractivity contribution is -0.119. The van der Waals surface area contributed by atoms with E-state index in [4.69, 9.17) is 9.72 Å². The molecule has 1 N–H and O–H groups in total. The molecule has 8 nitrogen and oxygen atoms in total. The van der Waals surface area contributed by atoms with E-state index in [2.05, 4.69) is 10.3 Å². The maximum Gasteiger partial charge on any atom is 0.256 e. The Morgan fingerprint density at radius 2 is 2.03 bits per heavy atom. The number of aryl methyl sites for hydroxylation is 1. The molecule has 8 heteroatoms. The van der Waals surface area contributed by atoms with Gasteiger partial charge in [0.1, 0.15) is 12.4 Å². The summed E-state index contributed by atoms with van der Waals surface area (Å²) in [4.78, 5) is 36.9. The minimum Gasteiger partial charge on any atom is -0.375 e. The molecular formula is C24H27N5O3. The van der Waals surface area contributed by atoms with Gasteiger partial charge in [0.05, 0.1) is 16.6 Å². The lowest BCUT2D eigenvalue weighted by Crippen LogP contribution is -2.35. The van der Waals surface area contributed by atoms with Crippen molar-refractivity contribution < 1.29 is 14.3 Å². The second-order valence-corrected chi connectivity index (χ2v) is 8.75. The number of carbonyl (C=O) groups excluding carboxylic acids is 2. The monoisotopic (exact) mass is 433 g/mol. The van der Waals surface area contributed by atoms with Crippen molar-refractivity contribution >= 4 is 28.5 Å². The molecule has 3 aromatic rings. The summed E-state index contributed by atoms with van der Waals surface area (Å²) >= 11 is 0. The summed E-state index contributed by atoms with van der Waals surface area (Å²) in [6, 6.07) is 7.68. The number of hydrogen-bond acceptors (Lipinski definition) is 5. The standard InChI is InChI=1S/C24H27N5O3/c1-28-22-19(24(31)29-13-15-4-3-5-18(29)10-15)11-17(26-21(30)14-32-2)12-20(22)27-23(28)16-6-8-25-9-7-16/h6-9,11-12,15,18H,3-5,10,13-14H2,1-2H3,(H,26,30). The number of amides is 2. The second-order valence-electron chi connectivity index (χ2n) is 8.75. The number of carbonyl (C=O) groups is 2. The molecule has 2 aromatic heterocycles. The third kappa shape index (κ3) is 3.64. The highest BCUT2D eigenvalue weighted by atomic mass is 16.5. The molecule has 1 saturated carbocycles. The summed E-state index contributed by atoms with van der Waals surface area (Å²) < 4.78 is 6.90. The number of ether oxygens (including phenoxy) is 1. The number of pyridine rings is 1. The molecule has 1 aromatic carbocycles. The average Bonchev–Trinajstić information content (AvgIpc) is 3.28. The SMILES string of the molecule is COCC(=O)Nc1cc(C(=O)N2CC3CCCC2C3)c2c(c1)nc(-c1ccncc1)n2C. The van der Waals surface area contributed by atoms with Crippen LogP contribution in [0.2, 0.25) is 0 Å². The maximum atomic E-state index is 13.8. The quantitative estimate of drug-likeness (QED) is 0.667. The van der Waals surface area contributed by atoms with Crippen LogP contribution >= 0.6 is 0 Å². The van der Waals surface area contributed by atoms with Crippen molar-refractivity contribution in [1.29, 1.82) is 0 Å². The molecule has 1 saturated heterocycles. The Balaban J connectivity index is 1.62. The molecule has 2 amide bonds. The van der Waals surface area contributed by atoms with Gasteiger partial charge in [-0.15, -0.1) is 0 Å². The predicted octanol–water partition coefficient (Wildman–Crippen LogP) is 3.23. The lowest BCUT2D eigenvalue weighted by atomic mass is 9.90. The topological polar surface area (TPSA) is 89.3 Å². The Kier molecular flexibility index (Phi) is 5.38. The Bertz CT molecular complexity index is 1170.